The van der Waals surface area contributed by atoms with Gasteiger partial charge in [0.1, 0.15) is 11.6 Å². The molecule has 0 atom stereocenters. The number of furan rings is 1. The molecular formula is C17H21N3O2. The summed E-state index contributed by atoms with van der Waals surface area (Å²) in [7, 11) is 0. The summed E-state index contributed by atoms with van der Waals surface area (Å²) in [4.78, 5) is 18.6. The van der Waals surface area contributed by atoms with Crippen LogP contribution in [0.5, 0.6) is 0 Å². The van der Waals surface area contributed by atoms with E-state index in [1.807, 2.05) is 25.1 Å². The zero-order valence-electron chi connectivity index (χ0n) is 12.8. The van der Waals surface area contributed by atoms with Crippen LogP contribution in [0.4, 0.5) is 5.82 Å². The van der Waals surface area contributed by atoms with Crippen LogP contribution in [-0.2, 0) is 13.0 Å². The molecule has 0 bridgehead atoms. The summed E-state index contributed by atoms with van der Waals surface area (Å²) in [5.74, 6) is 1.92. The van der Waals surface area contributed by atoms with Crippen LogP contribution < -0.4 is 10.2 Å². The molecule has 0 aromatic carbocycles. The Morgan fingerprint density at radius 3 is 3.09 bits per heavy atom. The summed E-state index contributed by atoms with van der Waals surface area (Å²) < 4.78 is 5.51. The lowest BCUT2D eigenvalue weighted by molar-refractivity contribution is 0.0953. The van der Waals surface area contributed by atoms with Crippen LogP contribution in [-0.4, -0.2) is 24.0 Å². The SMILES string of the molecule is CCCNC(=O)c1ccc(N2CCCc3occc3C2)nc1. The summed E-state index contributed by atoms with van der Waals surface area (Å²) in [6, 6.07) is 5.79. The van der Waals surface area contributed by atoms with Gasteiger partial charge >= 0.3 is 0 Å². The van der Waals surface area contributed by atoms with E-state index < -0.39 is 0 Å². The maximum atomic E-state index is 11.9. The summed E-state index contributed by atoms with van der Waals surface area (Å²) in [5, 5.41) is 2.86. The molecule has 0 aliphatic carbocycles. The monoisotopic (exact) mass is 299 g/mol. The molecule has 22 heavy (non-hydrogen) atoms. The van der Waals surface area contributed by atoms with Gasteiger partial charge in [0.25, 0.3) is 5.91 Å². The predicted molar refractivity (Wildman–Crippen MR) is 84.9 cm³/mol. The molecule has 0 unspecified atom stereocenters. The molecule has 5 heteroatoms. The van der Waals surface area contributed by atoms with E-state index >= 15 is 0 Å². The third-order valence-electron chi connectivity index (χ3n) is 3.90. The largest absolute Gasteiger partial charge is 0.469 e. The molecule has 0 fully saturated rings. The highest BCUT2D eigenvalue weighted by Gasteiger charge is 2.18. The molecule has 0 saturated heterocycles. The van der Waals surface area contributed by atoms with Crippen LogP contribution in [0.2, 0.25) is 0 Å². The van der Waals surface area contributed by atoms with Crippen molar-refractivity contribution in [3.8, 4) is 0 Å². The number of nitrogens with one attached hydrogen (secondary N) is 1. The van der Waals surface area contributed by atoms with Gasteiger partial charge in [-0.1, -0.05) is 6.92 Å². The minimum atomic E-state index is -0.0612. The first-order chi connectivity index (χ1) is 10.8. The lowest BCUT2D eigenvalue weighted by atomic mass is 10.2. The molecule has 0 spiro atoms. The van der Waals surface area contributed by atoms with Crippen molar-refractivity contribution in [2.75, 3.05) is 18.0 Å². The standard InChI is InChI=1S/C17H21N3O2/c1-2-8-18-17(21)13-5-6-16(19-11-13)20-9-3-4-15-14(12-20)7-10-22-15/h5-7,10-11H,2-4,8-9,12H2,1H3,(H,18,21). The molecule has 3 rings (SSSR count). The topological polar surface area (TPSA) is 58.4 Å². The third-order valence-corrected chi connectivity index (χ3v) is 3.90. The molecule has 116 valence electrons. The molecule has 2 aromatic rings. The number of amides is 1. The molecule has 1 aliphatic rings. The molecule has 1 N–H and O–H groups in total. The van der Waals surface area contributed by atoms with E-state index in [-0.39, 0.29) is 5.91 Å². The molecule has 1 aliphatic heterocycles. The Kier molecular flexibility index (Phi) is 4.42. The van der Waals surface area contributed by atoms with Gasteiger partial charge < -0.3 is 14.6 Å². The summed E-state index contributed by atoms with van der Waals surface area (Å²) in [6.45, 7) is 4.47. The third kappa shape index (κ3) is 3.13. The number of aromatic nitrogens is 1. The van der Waals surface area contributed by atoms with Crippen molar-refractivity contribution in [3.05, 3.63) is 47.5 Å². The van der Waals surface area contributed by atoms with Gasteiger partial charge in [-0.3, -0.25) is 4.79 Å². The Labute approximate surface area is 130 Å². The van der Waals surface area contributed by atoms with Crippen molar-refractivity contribution in [2.24, 2.45) is 0 Å². The molecule has 3 heterocycles. The van der Waals surface area contributed by atoms with E-state index in [2.05, 4.69) is 15.2 Å². The maximum Gasteiger partial charge on any atom is 0.252 e. The number of fused-ring (bicyclic) bond motifs is 1. The van der Waals surface area contributed by atoms with Gasteiger partial charge in [0.15, 0.2) is 0 Å². The molecular weight excluding hydrogens is 278 g/mol. The lowest BCUT2D eigenvalue weighted by Crippen LogP contribution is -2.25. The van der Waals surface area contributed by atoms with Crippen LogP contribution in [0, 0.1) is 0 Å². The second-order valence-electron chi connectivity index (χ2n) is 5.56. The number of hydrogen-bond donors (Lipinski definition) is 1. The highest BCUT2D eigenvalue weighted by molar-refractivity contribution is 5.94. The first-order valence-electron chi connectivity index (χ1n) is 7.82. The molecule has 0 radical (unpaired) electrons. The maximum absolute atomic E-state index is 11.9. The fourth-order valence-corrected chi connectivity index (χ4v) is 2.69. The fourth-order valence-electron chi connectivity index (χ4n) is 2.69. The van der Waals surface area contributed by atoms with Crippen molar-refractivity contribution in [2.45, 2.75) is 32.7 Å². The van der Waals surface area contributed by atoms with E-state index in [4.69, 9.17) is 4.42 Å². The Hall–Kier alpha value is -2.30. The average molecular weight is 299 g/mol. The molecule has 1 amide bonds. The fraction of sp³-hybridized carbons (Fsp3) is 0.412. The number of pyridine rings is 1. The van der Waals surface area contributed by atoms with E-state index in [9.17, 15) is 4.79 Å². The van der Waals surface area contributed by atoms with E-state index in [1.54, 1.807) is 12.5 Å². The number of carbonyl (C=O) groups is 1. The van der Waals surface area contributed by atoms with Crippen LogP contribution in [0.3, 0.4) is 0 Å². The quantitative estimate of drug-likeness (QED) is 0.943. The first kappa shape index (κ1) is 14.6. The predicted octanol–water partition coefficient (Wildman–Crippen LogP) is 2.77. The average Bonchev–Trinajstić information content (AvgIpc) is 2.89. The van der Waals surface area contributed by atoms with Gasteiger partial charge in [-0.2, -0.15) is 0 Å². The zero-order chi connectivity index (χ0) is 15.4. The molecule has 5 nitrogen and oxygen atoms in total. The molecule has 2 aromatic heterocycles. The van der Waals surface area contributed by atoms with Crippen molar-refractivity contribution in [1.29, 1.82) is 0 Å². The Bertz CT molecular complexity index is 634. The van der Waals surface area contributed by atoms with Crippen LogP contribution >= 0.6 is 0 Å². The number of hydrogen-bond acceptors (Lipinski definition) is 4. The number of nitrogens with zero attached hydrogens (tertiary/aromatic N) is 2. The summed E-state index contributed by atoms with van der Waals surface area (Å²) in [6.07, 6.45) is 6.35. The lowest BCUT2D eigenvalue weighted by Gasteiger charge is -2.21. The second-order valence-corrected chi connectivity index (χ2v) is 5.56. The number of carbonyl (C=O) groups excluding carboxylic acids is 1. The Morgan fingerprint density at radius 2 is 2.32 bits per heavy atom. The second kappa shape index (κ2) is 6.64. The highest BCUT2D eigenvalue weighted by Crippen LogP contribution is 2.23. The van der Waals surface area contributed by atoms with Gasteiger partial charge in [-0.15, -0.1) is 0 Å². The smallest absolute Gasteiger partial charge is 0.252 e. The van der Waals surface area contributed by atoms with Gasteiger partial charge in [-0.25, -0.2) is 4.98 Å². The number of aryl methyl sites for hydroxylation is 1. The first-order valence-corrected chi connectivity index (χ1v) is 7.82. The molecule has 0 saturated carbocycles. The van der Waals surface area contributed by atoms with E-state index in [1.165, 1.54) is 5.56 Å². The van der Waals surface area contributed by atoms with Crippen LogP contribution in [0.25, 0.3) is 0 Å². The van der Waals surface area contributed by atoms with Crippen molar-refractivity contribution in [3.63, 3.8) is 0 Å². The Balaban J connectivity index is 1.71. The van der Waals surface area contributed by atoms with Gasteiger partial charge in [0, 0.05) is 37.8 Å². The van der Waals surface area contributed by atoms with Crippen molar-refractivity contribution >= 4 is 11.7 Å². The van der Waals surface area contributed by atoms with E-state index in [0.29, 0.717) is 12.1 Å². The Morgan fingerprint density at radius 1 is 1.41 bits per heavy atom. The van der Waals surface area contributed by atoms with Crippen LogP contribution in [0.15, 0.2) is 35.1 Å². The van der Waals surface area contributed by atoms with Gasteiger partial charge in [0.2, 0.25) is 0 Å². The minimum Gasteiger partial charge on any atom is -0.469 e. The van der Waals surface area contributed by atoms with Gasteiger partial charge in [-0.05, 0) is 31.0 Å². The van der Waals surface area contributed by atoms with Crippen molar-refractivity contribution < 1.29 is 9.21 Å². The highest BCUT2D eigenvalue weighted by atomic mass is 16.3. The van der Waals surface area contributed by atoms with Crippen LogP contribution in [0.1, 0.15) is 41.4 Å². The zero-order valence-corrected chi connectivity index (χ0v) is 12.8. The van der Waals surface area contributed by atoms with E-state index in [0.717, 1.165) is 43.9 Å². The minimum absolute atomic E-state index is 0.0612. The van der Waals surface area contributed by atoms with Gasteiger partial charge in [0.05, 0.1) is 11.8 Å². The van der Waals surface area contributed by atoms with Crippen molar-refractivity contribution in [1.82, 2.24) is 10.3 Å². The summed E-state index contributed by atoms with van der Waals surface area (Å²) >= 11 is 0. The summed E-state index contributed by atoms with van der Waals surface area (Å²) in [5.41, 5.74) is 1.83. The number of rotatable bonds is 4. The number of anilines is 1. The normalized spacial score (nSPS) is 14.3.